The predicted octanol–water partition coefficient (Wildman–Crippen LogP) is 1.15. The van der Waals surface area contributed by atoms with Crippen LogP contribution in [0.1, 0.15) is 16.8 Å². The third-order valence-electron chi connectivity index (χ3n) is 3.15. The van der Waals surface area contributed by atoms with E-state index in [0.29, 0.717) is 11.3 Å². The standard InChI is InChI=1S/C13H15NO5/c1-14-9(6-12(15)16)7-19-11-5-8(13(17)18-2)3-4-10(11)14/h3-5,9H,6-7H2,1-2H3,(H,15,16). The molecule has 2 rings (SSSR count). The Morgan fingerprint density at radius 2 is 2.26 bits per heavy atom. The number of likely N-dealkylation sites (N-methyl/N-ethyl adjacent to an activating group) is 1. The molecule has 0 radical (unpaired) electrons. The molecule has 0 aromatic heterocycles. The minimum atomic E-state index is -0.866. The van der Waals surface area contributed by atoms with E-state index in [1.54, 1.807) is 18.2 Å². The molecule has 0 saturated carbocycles. The van der Waals surface area contributed by atoms with E-state index < -0.39 is 11.9 Å². The number of hydrogen-bond donors (Lipinski definition) is 1. The molecule has 1 aliphatic rings. The van der Waals surface area contributed by atoms with E-state index in [1.807, 2.05) is 11.9 Å². The minimum absolute atomic E-state index is 0.00862. The van der Waals surface area contributed by atoms with E-state index >= 15 is 0 Å². The molecule has 0 amide bonds. The van der Waals surface area contributed by atoms with Crippen molar-refractivity contribution in [2.24, 2.45) is 0 Å². The van der Waals surface area contributed by atoms with E-state index in [1.165, 1.54) is 7.11 Å². The van der Waals surface area contributed by atoms with Crippen LogP contribution >= 0.6 is 0 Å². The Morgan fingerprint density at radius 3 is 2.89 bits per heavy atom. The molecule has 0 spiro atoms. The van der Waals surface area contributed by atoms with Crippen LogP contribution in [0.5, 0.6) is 5.75 Å². The Hall–Kier alpha value is -2.24. The second-order valence-electron chi connectivity index (χ2n) is 4.35. The molecule has 1 aliphatic heterocycles. The first kappa shape index (κ1) is 13.2. The maximum atomic E-state index is 11.4. The molecule has 1 unspecified atom stereocenters. The molecule has 6 nitrogen and oxygen atoms in total. The van der Waals surface area contributed by atoms with E-state index in [9.17, 15) is 9.59 Å². The van der Waals surface area contributed by atoms with Crippen molar-refractivity contribution in [3.05, 3.63) is 23.8 Å². The van der Waals surface area contributed by atoms with Gasteiger partial charge in [0.2, 0.25) is 0 Å². The predicted molar refractivity (Wildman–Crippen MR) is 67.7 cm³/mol. The van der Waals surface area contributed by atoms with Gasteiger partial charge in [-0.1, -0.05) is 0 Å². The highest BCUT2D eigenvalue weighted by Crippen LogP contribution is 2.34. The molecule has 0 fully saturated rings. The lowest BCUT2D eigenvalue weighted by atomic mass is 10.1. The van der Waals surface area contributed by atoms with Crippen LogP contribution in [0.4, 0.5) is 5.69 Å². The quantitative estimate of drug-likeness (QED) is 0.826. The van der Waals surface area contributed by atoms with Crippen LogP contribution in [0.3, 0.4) is 0 Å². The van der Waals surface area contributed by atoms with Crippen LogP contribution in [0.25, 0.3) is 0 Å². The number of anilines is 1. The van der Waals surface area contributed by atoms with Gasteiger partial charge >= 0.3 is 11.9 Å². The molecule has 0 saturated heterocycles. The molecule has 1 atom stereocenters. The van der Waals surface area contributed by atoms with Crippen LogP contribution in [-0.4, -0.2) is 43.9 Å². The number of carbonyl (C=O) groups is 2. The first-order valence-corrected chi connectivity index (χ1v) is 5.82. The normalized spacial score (nSPS) is 17.4. The molecule has 0 bridgehead atoms. The van der Waals surface area contributed by atoms with Crippen LogP contribution in [0.2, 0.25) is 0 Å². The molecule has 0 aliphatic carbocycles. The topological polar surface area (TPSA) is 76.1 Å². The van der Waals surface area contributed by atoms with Gasteiger partial charge in [0.25, 0.3) is 0 Å². The number of aliphatic carboxylic acids is 1. The maximum Gasteiger partial charge on any atom is 0.337 e. The summed E-state index contributed by atoms with van der Waals surface area (Å²) in [6.45, 7) is 0.278. The summed E-state index contributed by atoms with van der Waals surface area (Å²) in [5, 5.41) is 8.84. The van der Waals surface area contributed by atoms with Crippen molar-refractivity contribution >= 4 is 17.6 Å². The number of carboxylic acids is 1. The van der Waals surface area contributed by atoms with Gasteiger partial charge in [0, 0.05) is 7.05 Å². The third kappa shape index (κ3) is 2.62. The fourth-order valence-electron chi connectivity index (χ4n) is 2.06. The van der Waals surface area contributed by atoms with Gasteiger partial charge in [-0.2, -0.15) is 0 Å². The Bertz CT molecular complexity index is 514. The first-order valence-electron chi connectivity index (χ1n) is 5.82. The van der Waals surface area contributed by atoms with Crippen LogP contribution in [0.15, 0.2) is 18.2 Å². The van der Waals surface area contributed by atoms with E-state index in [4.69, 9.17) is 9.84 Å². The van der Waals surface area contributed by atoms with Gasteiger partial charge < -0.3 is 19.5 Å². The van der Waals surface area contributed by atoms with Crippen molar-refractivity contribution in [2.45, 2.75) is 12.5 Å². The van der Waals surface area contributed by atoms with Crippen LogP contribution in [0, 0.1) is 0 Å². The molecule has 102 valence electrons. The largest absolute Gasteiger partial charge is 0.489 e. The molecule has 1 heterocycles. The van der Waals surface area contributed by atoms with Crippen molar-refractivity contribution in [2.75, 3.05) is 25.7 Å². The summed E-state index contributed by atoms with van der Waals surface area (Å²) in [7, 11) is 3.13. The number of nitrogens with zero attached hydrogens (tertiary/aromatic N) is 1. The summed E-state index contributed by atoms with van der Waals surface area (Å²) in [5.74, 6) is -0.733. The summed E-state index contributed by atoms with van der Waals surface area (Å²) in [6, 6.07) is 4.76. The second kappa shape index (κ2) is 5.17. The number of esters is 1. The number of methoxy groups -OCH3 is 1. The lowest BCUT2D eigenvalue weighted by Gasteiger charge is -2.35. The Morgan fingerprint density at radius 1 is 1.53 bits per heavy atom. The second-order valence-corrected chi connectivity index (χ2v) is 4.35. The molecular weight excluding hydrogens is 250 g/mol. The Balaban J connectivity index is 2.25. The first-order chi connectivity index (χ1) is 9.02. The van der Waals surface area contributed by atoms with Crippen LogP contribution in [-0.2, 0) is 9.53 Å². The number of ether oxygens (including phenoxy) is 2. The number of carbonyl (C=O) groups excluding carboxylic acids is 1. The number of carboxylic acid groups (broad SMARTS) is 1. The van der Waals surface area contributed by atoms with Gasteiger partial charge in [-0.3, -0.25) is 4.79 Å². The fourth-order valence-corrected chi connectivity index (χ4v) is 2.06. The lowest BCUT2D eigenvalue weighted by molar-refractivity contribution is -0.137. The molecular formula is C13H15NO5. The molecule has 1 N–H and O–H groups in total. The fraction of sp³-hybridized carbons (Fsp3) is 0.385. The Kier molecular flexibility index (Phi) is 3.59. The average Bonchev–Trinajstić information content (AvgIpc) is 2.40. The van der Waals surface area contributed by atoms with E-state index in [0.717, 1.165) is 5.69 Å². The van der Waals surface area contributed by atoms with Gasteiger partial charge in [-0.05, 0) is 18.2 Å². The van der Waals surface area contributed by atoms with E-state index in [2.05, 4.69) is 4.74 Å². The molecule has 1 aromatic rings. The summed E-state index contributed by atoms with van der Waals surface area (Å²) in [5.41, 5.74) is 1.18. The van der Waals surface area contributed by atoms with Crippen molar-refractivity contribution in [1.29, 1.82) is 0 Å². The SMILES string of the molecule is COC(=O)c1ccc2c(c1)OCC(CC(=O)O)N2C. The number of hydrogen-bond acceptors (Lipinski definition) is 5. The summed E-state index contributed by atoms with van der Waals surface area (Å²) in [4.78, 5) is 24.0. The van der Waals surface area contributed by atoms with Crippen LogP contribution < -0.4 is 9.64 Å². The highest BCUT2D eigenvalue weighted by Gasteiger charge is 2.27. The number of rotatable bonds is 3. The summed E-state index contributed by atoms with van der Waals surface area (Å²) in [6.07, 6.45) is 0.00862. The molecule has 6 heteroatoms. The van der Waals surface area contributed by atoms with Gasteiger partial charge in [0.05, 0.1) is 30.8 Å². The van der Waals surface area contributed by atoms with Crippen molar-refractivity contribution < 1.29 is 24.2 Å². The number of fused-ring (bicyclic) bond motifs is 1. The third-order valence-corrected chi connectivity index (χ3v) is 3.15. The zero-order valence-electron chi connectivity index (χ0n) is 10.8. The summed E-state index contributed by atoms with van der Waals surface area (Å²) >= 11 is 0. The van der Waals surface area contributed by atoms with Gasteiger partial charge in [0.1, 0.15) is 12.4 Å². The monoisotopic (exact) mass is 265 g/mol. The van der Waals surface area contributed by atoms with Crippen molar-refractivity contribution in [3.8, 4) is 5.75 Å². The van der Waals surface area contributed by atoms with Gasteiger partial charge in [-0.15, -0.1) is 0 Å². The lowest BCUT2D eigenvalue weighted by Crippen LogP contribution is -2.41. The molecule has 19 heavy (non-hydrogen) atoms. The van der Waals surface area contributed by atoms with Gasteiger partial charge in [0.15, 0.2) is 0 Å². The smallest absolute Gasteiger partial charge is 0.337 e. The zero-order valence-corrected chi connectivity index (χ0v) is 10.8. The zero-order chi connectivity index (χ0) is 14.0. The highest BCUT2D eigenvalue weighted by molar-refractivity contribution is 5.90. The van der Waals surface area contributed by atoms with Gasteiger partial charge in [-0.25, -0.2) is 4.79 Å². The van der Waals surface area contributed by atoms with Crippen molar-refractivity contribution in [3.63, 3.8) is 0 Å². The summed E-state index contributed by atoms with van der Waals surface area (Å²) < 4.78 is 10.2. The van der Waals surface area contributed by atoms with E-state index in [-0.39, 0.29) is 19.1 Å². The number of benzene rings is 1. The van der Waals surface area contributed by atoms with Crippen molar-refractivity contribution in [1.82, 2.24) is 0 Å². The molecule has 1 aromatic carbocycles. The maximum absolute atomic E-state index is 11.4. The Labute approximate surface area is 110 Å². The average molecular weight is 265 g/mol. The minimum Gasteiger partial charge on any atom is -0.489 e. The highest BCUT2D eigenvalue weighted by atomic mass is 16.5.